The van der Waals surface area contributed by atoms with E-state index in [0.717, 1.165) is 19.0 Å². The molecule has 1 atom stereocenters. The molecule has 13 heavy (non-hydrogen) atoms. The Labute approximate surface area is 79.1 Å². The zero-order chi connectivity index (χ0) is 9.52. The van der Waals surface area contributed by atoms with Gasteiger partial charge in [-0.25, -0.2) is 4.98 Å². The van der Waals surface area contributed by atoms with Crippen LogP contribution >= 0.6 is 0 Å². The molecule has 0 saturated carbocycles. The first-order valence-electron chi connectivity index (χ1n) is 4.46. The highest BCUT2D eigenvalue weighted by atomic mass is 16.5. The van der Waals surface area contributed by atoms with Crippen molar-refractivity contribution in [2.45, 2.75) is 6.92 Å². The largest absolute Gasteiger partial charge is 0.384 e. The van der Waals surface area contributed by atoms with Gasteiger partial charge >= 0.3 is 0 Å². The SMILES string of the molecule is COCC(C)CNc1ccccn1. The second kappa shape index (κ2) is 5.54. The lowest BCUT2D eigenvalue weighted by molar-refractivity contribution is 0.164. The van der Waals surface area contributed by atoms with Crippen molar-refractivity contribution in [3.8, 4) is 0 Å². The van der Waals surface area contributed by atoms with Crippen molar-refractivity contribution in [2.75, 3.05) is 25.6 Å². The first-order valence-corrected chi connectivity index (χ1v) is 4.46. The van der Waals surface area contributed by atoms with Gasteiger partial charge in [-0.05, 0) is 18.1 Å². The minimum absolute atomic E-state index is 0.506. The number of methoxy groups -OCH3 is 1. The maximum atomic E-state index is 5.03. The van der Waals surface area contributed by atoms with Gasteiger partial charge in [0.25, 0.3) is 0 Å². The van der Waals surface area contributed by atoms with Gasteiger partial charge in [0.05, 0.1) is 6.61 Å². The summed E-state index contributed by atoms with van der Waals surface area (Å²) >= 11 is 0. The second-order valence-corrected chi connectivity index (χ2v) is 3.16. The molecule has 1 N–H and O–H groups in total. The topological polar surface area (TPSA) is 34.1 Å². The predicted molar refractivity (Wildman–Crippen MR) is 53.8 cm³/mol. The number of anilines is 1. The van der Waals surface area contributed by atoms with Crippen LogP contribution in [0.25, 0.3) is 0 Å². The van der Waals surface area contributed by atoms with E-state index in [9.17, 15) is 0 Å². The van der Waals surface area contributed by atoms with Crippen molar-refractivity contribution in [1.82, 2.24) is 4.98 Å². The van der Waals surface area contributed by atoms with E-state index in [2.05, 4.69) is 17.2 Å². The molecule has 0 aliphatic rings. The fraction of sp³-hybridized carbons (Fsp3) is 0.500. The van der Waals surface area contributed by atoms with Crippen LogP contribution < -0.4 is 5.32 Å². The number of rotatable bonds is 5. The summed E-state index contributed by atoms with van der Waals surface area (Å²) in [5.74, 6) is 1.43. The monoisotopic (exact) mass is 180 g/mol. The van der Waals surface area contributed by atoms with Crippen molar-refractivity contribution in [3.63, 3.8) is 0 Å². The Kier molecular flexibility index (Phi) is 4.26. The Balaban J connectivity index is 2.27. The summed E-state index contributed by atoms with van der Waals surface area (Å²) in [6.07, 6.45) is 1.78. The van der Waals surface area contributed by atoms with Crippen LogP contribution in [0.5, 0.6) is 0 Å². The number of pyridine rings is 1. The Bertz CT molecular complexity index is 226. The zero-order valence-corrected chi connectivity index (χ0v) is 8.16. The van der Waals surface area contributed by atoms with Crippen LogP contribution in [0, 0.1) is 5.92 Å². The molecular formula is C10H16N2O. The maximum Gasteiger partial charge on any atom is 0.125 e. The van der Waals surface area contributed by atoms with Crippen LogP contribution in [0.3, 0.4) is 0 Å². The molecule has 0 aliphatic carbocycles. The summed E-state index contributed by atoms with van der Waals surface area (Å²) < 4.78 is 5.03. The van der Waals surface area contributed by atoms with E-state index in [1.165, 1.54) is 0 Å². The van der Waals surface area contributed by atoms with Gasteiger partial charge in [-0.2, -0.15) is 0 Å². The smallest absolute Gasteiger partial charge is 0.125 e. The van der Waals surface area contributed by atoms with Gasteiger partial charge in [0.15, 0.2) is 0 Å². The highest BCUT2D eigenvalue weighted by Gasteiger charge is 2.00. The third-order valence-corrected chi connectivity index (χ3v) is 1.75. The second-order valence-electron chi connectivity index (χ2n) is 3.16. The molecule has 1 heterocycles. The molecule has 3 nitrogen and oxygen atoms in total. The van der Waals surface area contributed by atoms with Crippen LogP contribution in [0.2, 0.25) is 0 Å². The molecule has 0 bridgehead atoms. The summed E-state index contributed by atoms with van der Waals surface area (Å²) in [6.45, 7) is 3.81. The van der Waals surface area contributed by atoms with Crippen molar-refractivity contribution >= 4 is 5.82 Å². The van der Waals surface area contributed by atoms with Crippen molar-refractivity contribution < 1.29 is 4.74 Å². The Morgan fingerprint density at radius 3 is 3.00 bits per heavy atom. The zero-order valence-electron chi connectivity index (χ0n) is 8.16. The van der Waals surface area contributed by atoms with Gasteiger partial charge in [-0.1, -0.05) is 13.0 Å². The number of nitrogens with one attached hydrogen (secondary N) is 1. The van der Waals surface area contributed by atoms with Crippen LogP contribution in [-0.2, 0) is 4.74 Å². The predicted octanol–water partition coefficient (Wildman–Crippen LogP) is 1.78. The summed E-state index contributed by atoms with van der Waals surface area (Å²) in [4.78, 5) is 4.16. The first kappa shape index (κ1) is 9.99. The highest BCUT2D eigenvalue weighted by Crippen LogP contribution is 2.02. The summed E-state index contributed by atoms with van der Waals surface area (Å²) in [5.41, 5.74) is 0. The van der Waals surface area contributed by atoms with Gasteiger partial charge in [-0.15, -0.1) is 0 Å². The summed E-state index contributed by atoms with van der Waals surface area (Å²) in [7, 11) is 1.72. The fourth-order valence-corrected chi connectivity index (χ4v) is 1.09. The fourth-order valence-electron chi connectivity index (χ4n) is 1.09. The lowest BCUT2D eigenvalue weighted by Crippen LogP contribution is -2.16. The van der Waals surface area contributed by atoms with Crippen LogP contribution in [0.15, 0.2) is 24.4 Å². The standard InChI is InChI=1S/C10H16N2O/c1-9(8-13-2)7-12-10-5-3-4-6-11-10/h3-6,9H,7-8H2,1-2H3,(H,11,12). The normalized spacial score (nSPS) is 12.5. The third-order valence-electron chi connectivity index (χ3n) is 1.75. The average Bonchev–Trinajstić information content (AvgIpc) is 2.17. The number of hydrogen-bond donors (Lipinski definition) is 1. The molecule has 0 saturated heterocycles. The quantitative estimate of drug-likeness (QED) is 0.750. The minimum atomic E-state index is 0.506. The lowest BCUT2D eigenvalue weighted by atomic mass is 10.2. The van der Waals surface area contributed by atoms with Crippen LogP contribution in [-0.4, -0.2) is 25.2 Å². The molecule has 0 aromatic carbocycles. The Morgan fingerprint density at radius 2 is 2.38 bits per heavy atom. The number of hydrogen-bond acceptors (Lipinski definition) is 3. The van der Waals surface area contributed by atoms with Gasteiger partial charge in [0.2, 0.25) is 0 Å². The van der Waals surface area contributed by atoms with Gasteiger partial charge in [0, 0.05) is 19.9 Å². The van der Waals surface area contributed by atoms with Crippen molar-refractivity contribution in [3.05, 3.63) is 24.4 Å². The van der Waals surface area contributed by atoms with Gasteiger partial charge in [-0.3, -0.25) is 0 Å². The molecular weight excluding hydrogens is 164 g/mol. The molecule has 1 unspecified atom stereocenters. The van der Waals surface area contributed by atoms with E-state index in [1.54, 1.807) is 13.3 Å². The molecule has 1 rings (SSSR count). The summed E-state index contributed by atoms with van der Waals surface area (Å²) in [6, 6.07) is 5.83. The highest BCUT2D eigenvalue weighted by molar-refractivity contribution is 5.32. The van der Waals surface area contributed by atoms with E-state index < -0.39 is 0 Å². The first-order chi connectivity index (χ1) is 6.33. The van der Waals surface area contributed by atoms with Crippen LogP contribution in [0.1, 0.15) is 6.92 Å². The number of ether oxygens (including phenoxy) is 1. The molecule has 1 aromatic heterocycles. The molecule has 0 amide bonds. The van der Waals surface area contributed by atoms with Gasteiger partial charge < -0.3 is 10.1 Å². The van der Waals surface area contributed by atoms with E-state index >= 15 is 0 Å². The molecule has 0 fully saturated rings. The molecule has 72 valence electrons. The van der Waals surface area contributed by atoms with Crippen molar-refractivity contribution in [2.24, 2.45) is 5.92 Å². The molecule has 0 radical (unpaired) electrons. The lowest BCUT2D eigenvalue weighted by Gasteiger charge is -2.11. The Morgan fingerprint density at radius 1 is 1.54 bits per heavy atom. The molecule has 3 heteroatoms. The van der Waals surface area contributed by atoms with E-state index in [0.29, 0.717) is 5.92 Å². The number of aromatic nitrogens is 1. The minimum Gasteiger partial charge on any atom is -0.384 e. The van der Waals surface area contributed by atoms with E-state index in [4.69, 9.17) is 4.74 Å². The van der Waals surface area contributed by atoms with Gasteiger partial charge in [0.1, 0.15) is 5.82 Å². The van der Waals surface area contributed by atoms with Crippen molar-refractivity contribution in [1.29, 1.82) is 0 Å². The number of nitrogens with zero attached hydrogens (tertiary/aromatic N) is 1. The maximum absolute atomic E-state index is 5.03. The molecule has 1 aromatic rings. The summed E-state index contributed by atoms with van der Waals surface area (Å²) in [5, 5.41) is 3.24. The Hall–Kier alpha value is -1.09. The molecule has 0 spiro atoms. The molecule has 0 aliphatic heterocycles. The average molecular weight is 180 g/mol. The third kappa shape index (κ3) is 3.90. The van der Waals surface area contributed by atoms with E-state index in [1.807, 2.05) is 18.2 Å². The van der Waals surface area contributed by atoms with E-state index in [-0.39, 0.29) is 0 Å². The van der Waals surface area contributed by atoms with Crippen LogP contribution in [0.4, 0.5) is 5.82 Å².